The van der Waals surface area contributed by atoms with Crippen LogP contribution >= 0.6 is 0 Å². The fourth-order valence-electron chi connectivity index (χ4n) is 1.97. The zero-order chi connectivity index (χ0) is 17.3. The van der Waals surface area contributed by atoms with Gasteiger partial charge in [0.2, 0.25) is 5.91 Å². The number of aliphatic carboxylic acids is 2. The minimum absolute atomic E-state index is 0.0537. The molecule has 9 nitrogen and oxygen atoms in total. The summed E-state index contributed by atoms with van der Waals surface area (Å²) < 4.78 is 0. The summed E-state index contributed by atoms with van der Waals surface area (Å²) >= 11 is 0. The molecule has 0 radical (unpaired) electrons. The van der Waals surface area contributed by atoms with Gasteiger partial charge in [-0.3, -0.25) is 24.1 Å². The van der Waals surface area contributed by atoms with Gasteiger partial charge in [-0.2, -0.15) is 0 Å². The molecule has 0 aliphatic rings. The summed E-state index contributed by atoms with van der Waals surface area (Å²) in [6, 6.07) is -0.699. The van der Waals surface area contributed by atoms with Crippen molar-refractivity contribution in [3.8, 4) is 0 Å². The van der Waals surface area contributed by atoms with Gasteiger partial charge in [-0.25, -0.2) is 0 Å². The molecule has 0 aromatic heterocycles. The van der Waals surface area contributed by atoms with Crippen LogP contribution in [-0.4, -0.2) is 77.5 Å². The molecule has 9 heteroatoms. The highest BCUT2D eigenvalue weighted by atomic mass is 16.4. The molecule has 0 aromatic rings. The van der Waals surface area contributed by atoms with Gasteiger partial charge in [0.05, 0.1) is 25.7 Å². The van der Waals surface area contributed by atoms with Crippen molar-refractivity contribution in [1.82, 2.24) is 15.5 Å². The Morgan fingerprint density at radius 1 is 1.05 bits per heavy atom. The number of carbonyl (C=O) groups is 4. The van der Waals surface area contributed by atoms with E-state index in [1.807, 2.05) is 0 Å². The summed E-state index contributed by atoms with van der Waals surface area (Å²) in [6.07, 6.45) is 0.384. The summed E-state index contributed by atoms with van der Waals surface area (Å²) in [5.41, 5.74) is 0. The first kappa shape index (κ1) is 20.0. The van der Waals surface area contributed by atoms with E-state index in [0.29, 0.717) is 6.42 Å². The fourth-order valence-corrected chi connectivity index (χ4v) is 1.97. The largest absolute Gasteiger partial charge is 0.480 e. The first-order valence-corrected chi connectivity index (χ1v) is 6.78. The van der Waals surface area contributed by atoms with Crippen molar-refractivity contribution in [3.05, 3.63) is 0 Å². The molecule has 0 bridgehead atoms. The molecule has 0 fully saturated rings. The second-order valence-electron chi connectivity index (χ2n) is 5.09. The van der Waals surface area contributed by atoms with Gasteiger partial charge in [-0.1, -0.05) is 0 Å². The van der Waals surface area contributed by atoms with E-state index < -0.39 is 30.9 Å². The molecular weight excluding hydrogens is 294 g/mol. The van der Waals surface area contributed by atoms with Crippen LogP contribution < -0.4 is 10.6 Å². The van der Waals surface area contributed by atoms with Crippen molar-refractivity contribution >= 4 is 23.6 Å². The van der Waals surface area contributed by atoms with Crippen LogP contribution in [0.1, 0.15) is 20.3 Å². The predicted octanol–water partition coefficient (Wildman–Crippen LogP) is -1.47. The van der Waals surface area contributed by atoms with Crippen LogP contribution in [0.3, 0.4) is 0 Å². The second-order valence-corrected chi connectivity index (χ2v) is 5.09. The number of nitrogens with zero attached hydrogens (tertiary/aromatic N) is 1. The lowest BCUT2D eigenvalue weighted by atomic mass is 10.1. The third-order valence-electron chi connectivity index (χ3n) is 2.92. The number of ketones is 1. The van der Waals surface area contributed by atoms with E-state index in [0.717, 1.165) is 4.90 Å². The molecule has 0 aliphatic carbocycles. The molecule has 4 N–H and O–H groups in total. The molecule has 0 aliphatic heterocycles. The van der Waals surface area contributed by atoms with Crippen LogP contribution in [0.15, 0.2) is 0 Å². The van der Waals surface area contributed by atoms with Crippen molar-refractivity contribution in [1.29, 1.82) is 0 Å². The molecule has 22 heavy (non-hydrogen) atoms. The summed E-state index contributed by atoms with van der Waals surface area (Å²) in [5, 5.41) is 22.8. The lowest BCUT2D eigenvalue weighted by Crippen LogP contribution is -2.46. The Balaban J connectivity index is 4.46. The number of nitrogens with one attached hydrogen (secondary N) is 2. The monoisotopic (exact) mass is 317 g/mol. The third-order valence-corrected chi connectivity index (χ3v) is 2.92. The highest BCUT2D eigenvalue weighted by molar-refractivity contribution is 5.82. The Labute approximate surface area is 128 Å². The highest BCUT2D eigenvalue weighted by Gasteiger charge is 2.20. The first-order chi connectivity index (χ1) is 10.1. The van der Waals surface area contributed by atoms with Crippen LogP contribution in [0.5, 0.6) is 0 Å². The van der Waals surface area contributed by atoms with E-state index in [4.69, 9.17) is 10.2 Å². The van der Waals surface area contributed by atoms with Gasteiger partial charge < -0.3 is 20.8 Å². The van der Waals surface area contributed by atoms with Gasteiger partial charge in [-0.15, -0.1) is 0 Å². The summed E-state index contributed by atoms with van der Waals surface area (Å²) in [6.45, 7) is 1.73. The number of amides is 1. The number of rotatable bonds is 11. The smallest absolute Gasteiger partial charge is 0.317 e. The van der Waals surface area contributed by atoms with E-state index in [-0.39, 0.29) is 24.4 Å². The van der Waals surface area contributed by atoms with Crippen LogP contribution in [0.25, 0.3) is 0 Å². The van der Waals surface area contributed by atoms with Crippen molar-refractivity contribution in [3.63, 3.8) is 0 Å². The molecule has 2 unspecified atom stereocenters. The van der Waals surface area contributed by atoms with Crippen LogP contribution in [0.4, 0.5) is 0 Å². The maximum absolute atomic E-state index is 11.8. The Morgan fingerprint density at radius 2 is 1.55 bits per heavy atom. The highest BCUT2D eigenvalue weighted by Crippen LogP contribution is 1.99. The van der Waals surface area contributed by atoms with Gasteiger partial charge in [0.1, 0.15) is 5.78 Å². The average molecular weight is 317 g/mol. The van der Waals surface area contributed by atoms with Gasteiger partial charge in [-0.05, 0) is 27.3 Å². The zero-order valence-electron chi connectivity index (χ0n) is 13.0. The molecule has 0 heterocycles. The molecule has 126 valence electrons. The third kappa shape index (κ3) is 9.03. The Kier molecular flexibility index (Phi) is 8.95. The zero-order valence-corrected chi connectivity index (χ0v) is 13.0. The molecule has 2 atom stereocenters. The maximum atomic E-state index is 11.8. The first-order valence-electron chi connectivity index (χ1n) is 6.78. The Morgan fingerprint density at radius 3 is 1.91 bits per heavy atom. The van der Waals surface area contributed by atoms with Gasteiger partial charge in [0.25, 0.3) is 0 Å². The number of likely N-dealkylation sites (N-methyl/N-ethyl adjacent to an activating group) is 1. The van der Waals surface area contributed by atoms with Gasteiger partial charge in [0.15, 0.2) is 0 Å². The number of hydrogen-bond acceptors (Lipinski definition) is 6. The van der Waals surface area contributed by atoms with E-state index in [1.54, 1.807) is 14.0 Å². The van der Waals surface area contributed by atoms with E-state index in [2.05, 4.69) is 10.6 Å². The molecular formula is C13H23N3O6. The Hall–Kier alpha value is -2.00. The van der Waals surface area contributed by atoms with E-state index >= 15 is 0 Å². The normalized spacial score (nSPS) is 13.5. The summed E-state index contributed by atoms with van der Waals surface area (Å²) in [5.74, 6) is -2.97. The van der Waals surface area contributed by atoms with Gasteiger partial charge >= 0.3 is 11.9 Å². The number of Topliss-reactive ketones (excluding diaryl/α,β-unsaturated/α-hetero) is 1. The summed E-state index contributed by atoms with van der Waals surface area (Å²) in [4.78, 5) is 45.4. The minimum Gasteiger partial charge on any atom is -0.480 e. The number of carbonyl (C=O) groups excluding carboxylic acids is 2. The number of hydrogen-bond donors (Lipinski definition) is 4. The lowest BCUT2D eigenvalue weighted by Gasteiger charge is -2.22. The van der Waals surface area contributed by atoms with Crippen LogP contribution in [-0.2, 0) is 19.2 Å². The topological polar surface area (TPSA) is 136 Å². The van der Waals surface area contributed by atoms with Gasteiger partial charge in [0, 0.05) is 6.04 Å². The van der Waals surface area contributed by atoms with Crippen LogP contribution in [0, 0.1) is 0 Å². The van der Waals surface area contributed by atoms with Crippen molar-refractivity contribution in [2.45, 2.75) is 32.4 Å². The quantitative estimate of drug-likeness (QED) is 0.362. The van der Waals surface area contributed by atoms with Crippen LogP contribution in [0.2, 0.25) is 0 Å². The maximum Gasteiger partial charge on any atom is 0.317 e. The Bertz CT molecular complexity index is 410. The molecule has 0 saturated carbocycles. The van der Waals surface area contributed by atoms with Crippen molar-refractivity contribution < 1.29 is 29.4 Å². The standard InChI is InChI=1S/C13H23N3O6/c1-8(4-10(14-3)9(2)17)15-11(18)5-16(6-12(19)20)7-13(21)22/h8,10,14H,4-7H2,1-3H3,(H,15,18)(H,19,20)(H,21,22). The number of carboxylic acid groups (broad SMARTS) is 2. The SMILES string of the molecule is CNC(CC(C)NC(=O)CN(CC(=O)O)CC(=O)O)C(C)=O. The lowest BCUT2D eigenvalue weighted by molar-refractivity contribution is -0.142. The minimum atomic E-state index is -1.21. The van der Waals surface area contributed by atoms with Crippen molar-refractivity contribution in [2.75, 3.05) is 26.7 Å². The summed E-state index contributed by atoms with van der Waals surface area (Å²) in [7, 11) is 1.64. The molecule has 1 amide bonds. The second kappa shape index (κ2) is 9.85. The molecule has 0 rings (SSSR count). The fraction of sp³-hybridized carbons (Fsp3) is 0.692. The molecule has 0 aromatic carbocycles. The molecule has 0 spiro atoms. The van der Waals surface area contributed by atoms with E-state index in [9.17, 15) is 19.2 Å². The van der Waals surface area contributed by atoms with Crippen molar-refractivity contribution in [2.24, 2.45) is 0 Å². The average Bonchev–Trinajstić information content (AvgIpc) is 2.33. The molecule has 0 saturated heterocycles. The number of carboxylic acids is 2. The predicted molar refractivity (Wildman–Crippen MR) is 77.5 cm³/mol. The van der Waals surface area contributed by atoms with E-state index in [1.165, 1.54) is 6.92 Å².